The molecule has 3 heterocycles. The molecule has 2 atom stereocenters. The number of benzene rings is 1. The first-order valence-electron chi connectivity index (χ1n) is 9.13. The largest absolute Gasteiger partial charge is 0.481 e. The van der Waals surface area contributed by atoms with E-state index in [2.05, 4.69) is 10.00 Å². The minimum Gasteiger partial charge on any atom is -0.481 e. The number of rotatable bonds is 3. The van der Waals surface area contributed by atoms with E-state index in [1.54, 1.807) is 9.58 Å². The van der Waals surface area contributed by atoms with Crippen molar-refractivity contribution < 1.29 is 14.7 Å². The second-order valence-electron chi connectivity index (χ2n) is 7.54. The molecule has 2 aliphatic heterocycles. The third-order valence-corrected chi connectivity index (χ3v) is 6.06. The molecule has 0 saturated carbocycles. The average Bonchev–Trinajstić information content (AvgIpc) is 3.03. The van der Waals surface area contributed by atoms with Crippen molar-refractivity contribution in [1.82, 2.24) is 19.6 Å². The smallest absolute Gasteiger partial charge is 0.311 e. The lowest BCUT2D eigenvalue weighted by Crippen LogP contribution is -2.63. The summed E-state index contributed by atoms with van der Waals surface area (Å²) in [5, 5.41) is 15.3. The number of hydrogen-bond donors (Lipinski definition) is 1. The van der Waals surface area contributed by atoms with Crippen LogP contribution in [0.1, 0.15) is 19.3 Å². The van der Waals surface area contributed by atoms with Crippen LogP contribution in [-0.4, -0.2) is 69.3 Å². The number of amides is 1. The Kier molecular flexibility index (Phi) is 4.19. The van der Waals surface area contributed by atoms with Gasteiger partial charge in [0.25, 0.3) is 0 Å². The SMILES string of the molecule is CN1CCC[C@]2(C(=O)O)CCN(C(=O)Cn3cc4ccccc4n3)C[C@@H]12. The van der Waals surface area contributed by atoms with Crippen LogP contribution in [0.2, 0.25) is 0 Å². The fraction of sp³-hybridized carbons (Fsp3) is 0.526. The number of carbonyl (C=O) groups excluding carboxylic acids is 1. The number of likely N-dealkylation sites (tertiary alicyclic amines) is 2. The summed E-state index contributed by atoms with van der Waals surface area (Å²) < 4.78 is 1.68. The first-order valence-corrected chi connectivity index (χ1v) is 9.13. The summed E-state index contributed by atoms with van der Waals surface area (Å²) in [5.74, 6) is -0.727. The molecule has 138 valence electrons. The van der Waals surface area contributed by atoms with Crippen molar-refractivity contribution in [2.45, 2.75) is 31.8 Å². The van der Waals surface area contributed by atoms with Gasteiger partial charge >= 0.3 is 5.97 Å². The van der Waals surface area contributed by atoms with Crippen LogP contribution in [-0.2, 0) is 16.1 Å². The average molecular weight is 356 g/mol. The number of carboxylic acids is 1. The standard InChI is InChI=1S/C19H24N4O3/c1-21-9-4-7-19(18(25)26)8-10-22(12-16(19)21)17(24)13-23-11-14-5-2-3-6-15(14)20-23/h2-3,5-6,11,16H,4,7-10,12-13H2,1H3,(H,25,26)/t16-,19+/m1/s1. The van der Waals surface area contributed by atoms with Crippen LogP contribution < -0.4 is 0 Å². The number of likely N-dealkylation sites (N-methyl/N-ethyl adjacent to an activating group) is 1. The number of fused-ring (bicyclic) bond motifs is 2. The van der Waals surface area contributed by atoms with Crippen molar-refractivity contribution >= 4 is 22.8 Å². The lowest BCUT2D eigenvalue weighted by Gasteiger charge is -2.51. The number of hydrogen-bond acceptors (Lipinski definition) is 4. The van der Waals surface area contributed by atoms with Gasteiger partial charge in [0, 0.05) is 30.7 Å². The van der Waals surface area contributed by atoms with E-state index in [4.69, 9.17) is 0 Å². The molecule has 2 aliphatic rings. The third-order valence-electron chi connectivity index (χ3n) is 6.06. The number of carbonyl (C=O) groups is 2. The molecule has 0 unspecified atom stereocenters. The van der Waals surface area contributed by atoms with E-state index in [0.717, 1.165) is 23.9 Å². The topological polar surface area (TPSA) is 78.7 Å². The number of nitrogens with zero attached hydrogens (tertiary/aromatic N) is 4. The van der Waals surface area contributed by atoms with E-state index in [1.165, 1.54) is 0 Å². The molecule has 0 spiro atoms. The predicted octanol–water partition coefficient (Wildman–Crippen LogP) is 1.43. The molecule has 2 aromatic rings. The van der Waals surface area contributed by atoms with Gasteiger partial charge in [0.2, 0.25) is 5.91 Å². The van der Waals surface area contributed by atoms with Gasteiger partial charge in [-0.15, -0.1) is 0 Å². The summed E-state index contributed by atoms with van der Waals surface area (Å²) in [6, 6.07) is 7.66. The summed E-state index contributed by atoms with van der Waals surface area (Å²) in [6.45, 7) is 2.04. The van der Waals surface area contributed by atoms with E-state index < -0.39 is 11.4 Å². The molecule has 1 aromatic carbocycles. The van der Waals surface area contributed by atoms with E-state index in [1.807, 2.05) is 37.5 Å². The lowest BCUT2D eigenvalue weighted by atomic mass is 9.68. The predicted molar refractivity (Wildman–Crippen MR) is 96.7 cm³/mol. The fourth-order valence-corrected chi connectivity index (χ4v) is 4.55. The fourth-order valence-electron chi connectivity index (χ4n) is 4.55. The molecule has 0 radical (unpaired) electrons. The minimum absolute atomic E-state index is 0.00392. The third kappa shape index (κ3) is 2.76. The molecule has 7 nitrogen and oxygen atoms in total. The van der Waals surface area contributed by atoms with Gasteiger partial charge in [0.1, 0.15) is 6.54 Å². The summed E-state index contributed by atoms with van der Waals surface area (Å²) in [6.07, 6.45) is 3.99. The van der Waals surface area contributed by atoms with Gasteiger partial charge in [-0.3, -0.25) is 14.3 Å². The summed E-state index contributed by atoms with van der Waals surface area (Å²) in [5.41, 5.74) is 0.153. The Balaban J connectivity index is 1.50. The van der Waals surface area contributed by atoms with Crippen LogP contribution in [0.3, 0.4) is 0 Å². The molecule has 0 aliphatic carbocycles. The number of carboxylic acid groups (broad SMARTS) is 1. The molecule has 2 saturated heterocycles. The van der Waals surface area contributed by atoms with E-state index in [0.29, 0.717) is 25.9 Å². The van der Waals surface area contributed by atoms with Crippen LogP contribution in [0.4, 0.5) is 0 Å². The second-order valence-corrected chi connectivity index (χ2v) is 7.54. The first-order chi connectivity index (χ1) is 12.5. The highest BCUT2D eigenvalue weighted by atomic mass is 16.4. The second kappa shape index (κ2) is 6.39. The molecule has 1 amide bonds. The van der Waals surface area contributed by atoms with Gasteiger partial charge in [-0.1, -0.05) is 18.2 Å². The van der Waals surface area contributed by atoms with Gasteiger partial charge in [0.15, 0.2) is 0 Å². The Morgan fingerprint density at radius 3 is 2.85 bits per heavy atom. The van der Waals surface area contributed by atoms with Crippen molar-refractivity contribution in [3.63, 3.8) is 0 Å². The molecule has 7 heteroatoms. The van der Waals surface area contributed by atoms with Crippen molar-refractivity contribution in [3.8, 4) is 0 Å². The van der Waals surface area contributed by atoms with Crippen molar-refractivity contribution in [2.24, 2.45) is 5.41 Å². The maximum atomic E-state index is 12.8. The van der Waals surface area contributed by atoms with E-state index in [9.17, 15) is 14.7 Å². The van der Waals surface area contributed by atoms with Crippen molar-refractivity contribution in [1.29, 1.82) is 0 Å². The molecular weight excluding hydrogens is 332 g/mol. The van der Waals surface area contributed by atoms with Crippen LogP contribution in [0.5, 0.6) is 0 Å². The zero-order valence-electron chi connectivity index (χ0n) is 15.0. The summed E-state index contributed by atoms with van der Waals surface area (Å²) >= 11 is 0. The van der Waals surface area contributed by atoms with Crippen LogP contribution in [0.15, 0.2) is 30.5 Å². The molecular formula is C19H24N4O3. The highest BCUT2D eigenvalue weighted by molar-refractivity contribution is 5.81. The van der Waals surface area contributed by atoms with Gasteiger partial charge in [-0.2, -0.15) is 5.10 Å². The Morgan fingerprint density at radius 2 is 2.08 bits per heavy atom. The molecule has 26 heavy (non-hydrogen) atoms. The first kappa shape index (κ1) is 17.0. The van der Waals surface area contributed by atoms with Gasteiger partial charge in [0.05, 0.1) is 10.9 Å². The van der Waals surface area contributed by atoms with Crippen molar-refractivity contribution in [3.05, 3.63) is 30.5 Å². The monoisotopic (exact) mass is 356 g/mol. The van der Waals surface area contributed by atoms with Gasteiger partial charge in [-0.25, -0.2) is 0 Å². The van der Waals surface area contributed by atoms with Crippen LogP contribution in [0.25, 0.3) is 10.9 Å². The maximum Gasteiger partial charge on any atom is 0.311 e. The van der Waals surface area contributed by atoms with Crippen LogP contribution in [0, 0.1) is 5.41 Å². The normalized spacial score (nSPS) is 26.7. The molecule has 1 N–H and O–H groups in total. The Bertz CT molecular complexity index is 815. The number of aromatic nitrogens is 2. The number of aliphatic carboxylic acids is 1. The Labute approximate surface area is 152 Å². The van der Waals surface area contributed by atoms with Gasteiger partial charge in [-0.05, 0) is 38.9 Å². The minimum atomic E-state index is -0.723. The Hall–Kier alpha value is -2.41. The van der Waals surface area contributed by atoms with E-state index in [-0.39, 0.29) is 18.5 Å². The van der Waals surface area contributed by atoms with Crippen LogP contribution >= 0.6 is 0 Å². The summed E-state index contributed by atoms with van der Waals surface area (Å²) in [4.78, 5) is 28.7. The highest BCUT2D eigenvalue weighted by Gasteiger charge is 2.52. The highest BCUT2D eigenvalue weighted by Crippen LogP contribution is 2.42. The number of piperidine rings is 2. The molecule has 2 fully saturated rings. The van der Waals surface area contributed by atoms with Crippen molar-refractivity contribution in [2.75, 3.05) is 26.7 Å². The molecule has 1 aromatic heterocycles. The lowest BCUT2D eigenvalue weighted by molar-refractivity contribution is -0.165. The summed E-state index contributed by atoms with van der Waals surface area (Å²) in [7, 11) is 1.97. The molecule has 0 bridgehead atoms. The maximum absolute atomic E-state index is 12.8. The molecule has 4 rings (SSSR count). The van der Waals surface area contributed by atoms with Gasteiger partial charge < -0.3 is 14.9 Å². The van der Waals surface area contributed by atoms with E-state index >= 15 is 0 Å². The Morgan fingerprint density at radius 1 is 1.27 bits per heavy atom. The quantitative estimate of drug-likeness (QED) is 0.900. The zero-order chi connectivity index (χ0) is 18.3. The zero-order valence-corrected chi connectivity index (χ0v) is 15.0.